The molecule has 70 valence electrons. The maximum Gasteiger partial charge on any atom is 0.145 e. The average Bonchev–Trinajstić information content (AvgIpc) is 2.01. The predicted octanol–water partition coefficient (Wildman–Crippen LogP) is 2.07. The monoisotopic (exact) mass is 289 g/mol. The number of nitrogens with zero attached hydrogens (tertiary/aromatic N) is 3. The van der Waals surface area contributed by atoms with E-state index in [0.717, 1.165) is 9.39 Å². The fourth-order valence-electron chi connectivity index (χ4n) is 1.51. The zero-order valence-corrected chi connectivity index (χ0v) is 9.73. The lowest BCUT2D eigenvalue weighted by Crippen LogP contribution is -2.38. The van der Waals surface area contributed by atoms with E-state index in [-0.39, 0.29) is 0 Å². The lowest BCUT2D eigenvalue weighted by molar-refractivity contribution is 0.399. The number of hydrogen-bond donors (Lipinski definition) is 0. The summed E-state index contributed by atoms with van der Waals surface area (Å²) in [5.41, 5.74) is 0. The molecule has 0 saturated heterocycles. The van der Waals surface area contributed by atoms with E-state index in [1.165, 1.54) is 19.3 Å². The molecule has 1 aromatic rings. The number of anilines is 1. The highest BCUT2D eigenvalue weighted by Crippen LogP contribution is 2.28. The Morgan fingerprint density at radius 3 is 2.85 bits per heavy atom. The summed E-state index contributed by atoms with van der Waals surface area (Å²) in [6, 6.07) is 0.698. The fraction of sp³-hybridized carbons (Fsp3) is 0.556. The van der Waals surface area contributed by atoms with Crippen molar-refractivity contribution in [3.05, 3.63) is 16.1 Å². The largest absolute Gasteiger partial charge is 0.356 e. The summed E-state index contributed by atoms with van der Waals surface area (Å²) < 4.78 is 1.13. The Morgan fingerprint density at radius 2 is 2.31 bits per heavy atom. The SMILES string of the molecule is CN(c1ncncc1I)C1CCC1. The normalized spacial score (nSPS) is 16.8. The van der Waals surface area contributed by atoms with Gasteiger partial charge in [-0.15, -0.1) is 0 Å². The minimum absolute atomic E-state index is 0.698. The topological polar surface area (TPSA) is 29.0 Å². The summed E-state index contributed by atoms with van der Waals surface area (Å²) in [6.07, 6.45) is 7.44. The van der Waals surface area contributed by atoms with Crippen molar-refractivity contribution >= 4 is 28.4 Å². The molecule has 1 heterocycles. The number of aromatic nitrogens is 2. The van der Waals surface area contributed by atoms with Gasteiger partial charge in [-0.05, 0) is 41.9 Å². The minimum Gasteiger partial charge on any atom is -0.356 e. The van der Waals surface area contributed by atoms with Crippen molar-refractivity contribution in [3.63, 3.8) is 0 Å². The van der Waals surface area contributed by atoms with Gasteiger partial charge in [0.2, 0.25) is 0 Å². The fourth-order valence-corrected chi connectivity index (χ4v) is 2.19. The summed E-state index contributed by atoms with van der Waals surface area (Å²) in [5, 5.41) is 0. The first kappa shape index (κ1) is 9.18. The highest BCUT2D eigenvalue weighted by molar-refractivity contribution is 14.1. The summed E-state index contributed by atoms with van der Waals surface area (Å²) in [7, 11) is 2.12. The van der Waals surface area contributed by atoms with Gasteiger partial charge in [-0.25, -0.2) is 9.97 Å². The first-order valence-electron chi connectivity index (χ1n) is 4.47. The van der Waals surface area contributed by atoms with Gasteiger partial charge in [0.05, 0.1) is 3.57 Å². The van der Waals surface area contributed by atoms with Gasteiger partial charge < -0.3 is 4.90 Å². The van der Waals surface area contributed by atoms with E-state index in [9.17, 15) is 0 Å². The Labute approximate surface area is 91.7 Å². The first-order chi connectivity index (χ1) is 6.29. The third-order valence-corrected chi connectivity index (χ3v) is 3.37. The lowest BCUT2D eigenvalue weighted by atomic mass is 9.92. The van der Waals surface area contributed by atoms with Gasteiger partial charge in [0.1, 0.15) is 12.1 Å². The maximum atomic E-state index is 4.29. The second kappa shape index (κ2) is 3.77. The van der Waals surface area contributed by atoms with E-state index in [1.807, 2.05) is 6.20 Å². The molecular formula is C9H12IN3. The van der Waals surface area contributed by atoms with Crippen molar-refractivity contribution in [3.8, 4) is 0 Å². The summed E-state index contributed by atoms with van der Waals surface area (Å²) in [6.45, 7) is 0. The van der Waals surface area contributed by atoms with Crippen LogP contribution in [0.15, 0.2) is 12.5 Å². The molecule has 0 N–H and O–H groups in total. The zero-order valence-electron chi connectivity index (χ0n) is 7.57. The Bertz CT molecular complexity index is 299. The van der Waals surface area contributed by atoms with Crippen molar-refractivity contribution in [2.75, 3.05) is 11.9 Å². The molecule has 1 saturated carbocycles. The first-order valence-corrected chi connectivity index (χ1v) is 5.55. The summed E-state index contributed by atoms with van der Waals surface area (Å²) in [5.74, 6) is 1.07. The zero-order chi connectivity index (χ0) is 9.26. The second-order valence-corrected chi connectivity index (χ2v) is 4.55. The van der Waals surface area contributed by atoms with Crippen molar-refractivity contribution in [1.82, 2.24) is 9.97 Å². The molecule has 0 aromatic carbocycles. The van der Waals surface area contributed by atoms with E-state index in [2.05, 4.69) is 44.5 Å². The molecule has 0 spiro atoms. The average molecular weight is 289 g/mol. The van der Waals surface area contributed by atoms with Gasteiger partial charge in [-0.3, -0.25) is 0 Å². The van der Waals surface area contributed by atoms with Crippen LogP contribution < -0.4 is 4.90 Å². The molecule has 1 aliphatic carbocycles. The Hall–Kier alpha value is -0.390. The van der Waals surface area contributed by atoms with E-state index in [4.69, 9.17) is 0 Å². The maximum absolute atomic E-state index is 4.29. The Balaban J connectivity index is 2.18. The molecule has 1 aromatic heterocycles. The molecule has 0 amide bonds. The van der Waals surface area contributed by atoms with E-state index >= 15 is 0 Å². The second-order valence-electron chi connectivity index (χ2n) is 3.39. The minimum atomic E-state index is 0.698. The molecule has 3 nitrogen and oxygen atoms in total. The van der Waals surface area contributed by atoms with Crippen LogP contribution in [-0.4, -0.2) is 23.1 Å². The molecule has 1 aliphatic rings. The van der Waals surface area contributed by atoms with Gasteiger partial charge in [-0.2, -0.15) is 0 Å². The standard InChI is InChI=1S/C9H12IN3/c1-13(7-3-2-4-7)9-8(10)5-11-6-12-9/h5-7H,2-4H2,1H3. The Morgan fingerprint density at radius 1 is 1.54 bits per heavy atom. The predicted molar refractivity (Wildman–Crippen MR) is 60.8 cm³/mol. The van der Waals surface area contributed by atoms with E-state index in [1.54, 1.807) is 6.33 Å². The molecular weight excluding hydrogens is 277 g/mol. The molecule has 1 fully saturated rings. The van der Waals surface area contributed by atoms with Crippen LogP contribution >= 0.6 is 22.6 Å². The molecule has 13 heavy (non-hydrogen) atoms. The summed E-state index contributed by atoms with van der Waals surface area (Å²) in [4.78, 5) is 10.5. The van der Waals surface area contributed by atoms with Gasteiger partial charge in [-0.1, -0.05) is 0 Å². The van der Waals surface area contributed by atoms with Crippen LogP contribution in [0, 0.1) is 3.57 Å². The van der Waals surface area contributed by atoms with Crippen LogP contribution in [0.1, 0.15) is 19.3 Å². The highest BCUT2D eigenvalue weighted by atomic mass is 127. The molecule has 0 radical (unpaired) electrons. The van der Waals surface area contributed by atoms with Crippen LogP contribution in [0.25, 0.3) is 0 Å². The molecule has 4 heteroatoms. The van der Waals surface area contributed by atoms with Crippen molar-refractivity contribution in [2.45, 2.75) is 25.3 Å². The quantitative estimate of drug-likeness (QED) is 0.780. The van der Waals surface area contributed by atoms with Crippen LogP contribution in [-0.2, 0) is 0 Å². The van der Waals surface area contributed by atoms with Crippen molar-refractivity contribution in [2.24, 2.45) is 0 Å². The molecule has 0 bridgehead atoms. The molecule has 2 rings (SSSR count). The van der Waals surface area contributed by atoms with Crippen LogP contribution in [0.2, 0.25) is 0 Å². The van der Waals surface area contributed by atoms with Crippen molar-refractivity contribution < 1.29 is 0 Å². The van der Waals surface area contributed by atoms with Crippen LogP contribution in [0.5, 0.6) is 0 Å². The molecule has 0 unspecified atom stereocenters. The number of hydrogen-bond acceptors (Lipinski definition) is 3. The van der Waals surface area contributed by atoms with E-state index in [0.29, 0.717) is 6.04 Å². The van der Waals surface area contributed by atoms with Crippen LogP contribution in [0.4, 0.5) is 5.82 Å². The van der Waals surface area contributed by atoms with Gasteiger partial charge in [0.15, 0.2) is 0 Å². The van der Waals surface area contributed by atoms with Gasteiger partial charge >= 0.3 is 0 Å². The molecule has 0 atom stereocenters. The number of rotatable bonds is 2. The van der Waals surface area contributed by atoms with Crippen molar-refractivity contribution in [1.29, 1.82) is 0 Å². The lowest BCUT2D eigenvalue weighted by Gasteiger charge is -2.35. The van der Waals surface area contributed by atoms with Gasteiger partial charge in [0, 0.05) is 19.3 Å². The number of halogens is 1. The third kappa shape index (κ3) is 1.77. The van der Waals surface area contributed by atoms with E-state index < -0.39 is 0 Å². The van der Waals surface area contributed by atoms with Gasteiger partial charge in [0.25, 0.3) is 0 Å². The molecule has 0 aliphatic heterocycles. The summed E-state index contributed by atoms with van der Waals surface area (Å²) >= 11 is 2.28. The highest BCUT2D eigenvalue weighted by Gasteiger charge is 2.23. The van der Waals surface area contributed by atoms with Crippen LogP contribution in [0.3, 0.4) is 0 Å². The Kier molecular flexibility index (Phi) is 2.66. The smallest absolute Gasteiger partial charge is 0.145 e. The third-order valence-electron chi connectivity index (χ3n) is 2.60.